The minimum absolute atomic E-state index is 0.0117. The Morgan fingerprint density at radius 2 is 2.00 bits per heavy atom. The van der Waals surface area contributed by atoms with Gasteiger partial charge in [0.2, 0.25) is 21.8 Å². The average molecular weight is 409 g/mol. The molecule has 154 valence electrons. The van der Waals surface area contributed by atoms with Crippen molar-refractivity contribution in [3.05, 3.63) is 24.5 Å². The summed E-state index contributed by atoms with van der Waals surface area (Å²) in [6, 6.07) is 3.11. The molecule has 2 fully saturated rings. The molecule has 28 heavy (non-hydrogen) atoms. The number of sulfonamides is 1. The summed E-state index contributed by atoms with van der Waals surface area (Å²) >= 11 is 0. The number of pyridine rings is 1. The van der Waals surface area contributed by atoms with Gasteiger partial charge in [0, 0.05) is 69.4 Å². The van der Waals surface area contributed by atoms with Gasteiger partial charge in [0.1, 0.15) is 4.90 Å². The van der Waals surface area contributed by atoms with Crippen LogP contribution in [0.15, 0.2) is 29.4 Å². The fourth-order valence-corrected chi connectivity index (χ4v) is 5.62. The summed E-state index contributed by atoms with van der Waals surface area (Å²) in [6.45, 7) is 7.76. The molecule has 0 aliphatic carbocycles. The number of hydrogen-bond donors (Lipinski definition) is 0. The maximum atomic E-state index is 13.2. The molecule has 0 N–H and O–H groups in total. The van der Waals surface area contributed by atoms with E-state index in [1.807, 2.05) is 20.8 Å². The van der Waals surface area contributed by atoms with Crippen LogP contribution < -0.4 is 0 Å². The Morgan fingerprint density at radius 1 is 1.25 bits per heavy atom. The summed E-state index contributed by atoms with van der Waals surface area (Å²) in [6.07, 6.45) is 3.12. The zero-order valence-electron chi connectivity index (χ0n) is 16.7. The van der Waals surface area contributed by atoms with E-state index in [0.717, 1.165) is 0 Å². The van der Waals surface area contributed by atoms with Crippen LogP contribution in [0.5, 0.6) is 0 Å². The fourth-order valence-electron chi connectivity index (χ4n) is 4.11. The summed E-state index contributed by atoms with van der Waals surface area (Å²) in [5.74, 6) is -0.180. The number of hydrogen-bond acceptors (Lipinski definition) is 5. The Morgan fingerprint density at radius 3 is 2.57 bits per heavy atom. The Kier molecular flexibility index (Phi) is 5.77. The Balaban J connectivity index is 1.96. The quantitative estimate of drug-likeness (QED) is 0.735. The van der Waals surface area contributed by atoms with E-state index in [1.54, 1.807) is 15.9 Å². The largest absolute Gasteiger partial charge is 0.342 e. The van der Waals surface area contributed by atoms with Gasteiger partial charge in [-0.1, -0.05) is 13.8 Å². The smallest absolute Gasteiger partial charge is 0.244 e. The van der Waals surface area contributed by atoms with Crippen LogP contribution in [0.4, 0.5) is 0 Å². The van der Waals surface area contributed by atoms with Crippen molar-refractivity contribution in [2.75, 3.05) is 39.3 Å². The first kappa shape index (κ1) is 20.7. The zero-order chi connectivity index (χ0) is 20.5. The molecule has 3 rings (SSSR count). The summed E-state index contributed by atoms with van der Waals surface area (Å²) in [5.41, 5.74) is -0.594. The third-order valence-electron chi connectivity index (χ3n) is 5.52. The van der Waals surface area contributed by atoms with Gasteiger partial charge in [0.05, 0.1) is 0 Å². The van der Waals surface area contributed by atoms with Gasteiger partial charge in [-0.15, -0.1) is 0 Å². The maximum Gasteiger partial charge on any atom is 0.244 e. The van der Waals surface area contributed by atoms with Crippen molar-refractivity contribution in [1.82, 2.24) is 19.1 Å². The molecule has 1 aromatic heterocycles. The van der Waals surface area contributed by atoms with Gasteiger partial charge in [0.25, 0.3) is 0 Å². The van der Waals surface area contributed by atoms with Crippen molar-refractivity contribution in [3.8, 4) is 0 Å². The summed E-state index contributed by atoms with van der Waals surface area (Å²) in [7, 11) is -3.76. The van der Waals surface area contributed by atoms with Crippen LogP contribution >= 0.6 is 0 Å². The van der Waals surface area contributed by atoms with Crippen molar-refractivity contribution in [1.29, 1.82) is 0 Å². The summed E-state index contributed by atoms with van der Waals surface area (Å²) in [4.78, 5) is 32.7. The summed E-state index contributed by atoms with van der Waals surface area (Å²) < 4.78 is 27.8. The SMILES string of the molecule is CCN1CC2(CC1=O)CN(C(=O)C(C)C)CCN(S(=O)(=O)c1cccnc1)C2. The molecule has 0 radical (unpaired) electrons. The third kappa shape index (κ3) is 3.91. The second-order valence-corrected chi connectivity index (χ2v) is 9.96. The number of amides is 2. The Hall–Kier alpha value is -2.00. The van der Waals surface area contributed by atoms with E-state index in [2.05, 4.69) is 4.98 Å². The van der Waals surface area contributed by atoms with Crippen molar-refractivity contribution >= 4 is 21.8 Å². The van der Waals surface area contributed by atoms with Crippen molar-refractivity contribution < 1.29 is 18.0 Å². The Labute approximate surface area is 166 Å². The first-order valence-electron chi connectivity index (χ1n) is 9.65. The number of aromatic nitrogens is 1. The molecule has 9 heteroatoms. The van der Waals surface area contributed by atoms with Gasteiger partial charge >= 0.3 is 0 Å². The lowest BCUT2D eigenvalue weighted by Crippen LogP contribution is -2.46. The van der Waals surface area contributed by atoms with Crippen molar-refractivity contribution in [3.63, 3.8) is 0 Å². The maximum absolute atomic E-state index is 13.2. The molecule has 0 saturated carbocycles. The number of carbonyl (C=O) groups excluding carboxylic acids is 2. The predicted octanol–water partition coefficient (Wildman–Crippen LogP) is 0.809. The van der Waals surface area contributed by atoms with Crippen LogP contribution in [0.3, 0.4) is 0 Å². The first-order chi connectivity index (χ1) is 13.2. The number of nitrogens with zero attached hydrogens (tertiary/aromatic N) is 4. The molecule has 3 heterocycles. The van der Waals surface area contributed by atoms with Crippen LogP contribution in [-0.2, 0) is 19.6 Å². The second-order valence-electron chi connectivity index (χ2n) is 8.03. The van der Waals surface area contributed by atoms with Gasteiger partial charge in [-0.2, -0.15) is 4.31 Å². The highest BCUT2D eigenvalue weighted by atomic mass is 32.2. The molecule has 8 nitrogen and oxygen atoms in total. The van der Waals surface area contributed by atoms with E-state index in [1.165, 1.54) is 22.8 Å². The predicted molar refractivity (Wildman–Crippen MR) is 104 cm³/mol. The highest BCUT2D eigenvalue weighted by molar-refractivity contribution is 7.89. The topological polar surface area (TPSA) is 90.9 Å². The van der Waals surface area contributed by atoms with E-state index in [4.69, 9.17) is 0 Å². The minimum Gasteiger partial charge on any atom is -0.342 e. The molecule has 0 aromatic carbocycles. The van der Waals surface area contributed by atoms with E-state index in [0.29, 0.717) is 26.2 Å². The molecule has 2 aliphatic heterocycles. The van der Waals surface area contributed by atoms with Crippen molar-refractivity contribution in [2.24, 2.45) is 11.3 Å². The number of carbonyl (C=O) groups is 2. The molecule has 1 atom stereocenters. The Bertz CT molecular complexity index is 843. The van der Waals surface area contributed by atoms with Crippen LogP contribution in [0, 0.1) is 11.3 Å². The summed E-state index contributed by atoms with van der Waals surface area (Å²) in [5, 5.41) is 0. The van der Waals surface area contributed by atoms with Gasteiger partial charge in [-0.05, 0) is 19.1 Å². The van der Waals surface area contributed by atoms with Gasteiger partial charge in [-0.25, -0.2) is 8.42 Å². The molecule has 2 saturated heterocycles. The monoisotopic (exact) mass is 408 g/mol. The molecular weight excluding hydrogens is 380 g/mol. The van der Waals surface area contributed by atoms with Crippen LogP contribution in [-0.4, -0.2) is 78.6 Å². The number of rotatable bonds is 4. The highest BCUT2D eigenvalue weighted by Crippen LogP contribution is 2.36. The molecular formula is C19H28N4O4S. The van der Waals surface area contributed by atoms with Crippen molar-refractivity contribution in [2.45, 2.75) is 32.1 Å². The third-order valence-corrected chi connectivity index (χ3v) is 7.35. The van der Waals surface area contributed by atoms with Gasteiger partial charge < -0.3 is 9.80 Å². The van der Waals surface area contributed by atoms with E-state index in [9.17, 15) is 18.0 Å². The molecule has 2 amide bonds. The molecule has 1 unspecified atom stereocenters. The minimum atomic E-state index is -3.76. The molecule has 1 aromatic rings. The lowest BCUT2D eigenvalue weighted by atomic mass is 9.86. The zero-order valence-corrected chi connectivity index (χ0v) is 17.5. The van der Waals surface area contributed by atoms with E-state index >= 15 is 0 Å². The van der Waals surface area contributed by atoms with Crippen LogP contribution in [0.2, 0.25) is 0 Å². The lowest BCUT2D eigenvalue weighted by molar-refractivity contribution is -0.135. The van der Waals surface area contributed by atoms with E-state index < -0.39 is 15.4 Å². The first-order valence-corrected chi connectivity index (χ1v) is 11.1. The molecule has 2 aliphatic rings. The fraction of sp³-hybridized carbons (Fsp3) is 0.632. The number of likely N-dealkylation sites (tertiary alicyclic amines) is 1. The highest BCUT2D eigenvalue weighted by Gasteiger charge is 2.49. The van der Waals surface area contributed by atoms with Gasteiger partial charge in [-0.3, -0.25) is 14.6 Å². The van der Waals surface area contributed by atoms with Crippen LogP contribution in [0.1, 0.15) is 27.2 Å². The average Bonchev–Trinajstić information content (AvgIpc) is 2.85. The molecule has 1 spiro atoms. The van der Waals surface area contributed by atoms with Crippen LogP contribution in [0.25, 0.3) is 0 Å². The molecule has 0 bridgehead atoms. The lowest BCUT2D eigenvalue weighted by Gasteiger charge is -2.33. The van der Waals surface area contributed by atoms with E-state index in [-0.39, 0.29) is 42.1 Å². The standard InChI is InChI=1S/C19H28N4O4S/c1-4-21-12-19(10-17(21)24)13-22(18(25)15(2)3)8-9-23(14-19)28(26,27)16-6-5-7-20-11-16/h5-7,11,15H,4,8-10,12-14H2,1-3H3. The second kappa shape index (κ2) is 7.79. The normalized spacial score (nSPS) is 24.2. The van der Waals surface area contributed by atoms with Gasteiger partial charge in [0.15, 0.2) is 0 Å².